The number of rotatable bonds is 85. The summed E-state index contributed by atoms with van der Waals surface area (Å²) in [7, 11) is -9.91. The smallest absolute Gasteiger partial charge is 0.462 e. The second-order valence-electron chi connectivity index (χ2n) is 30.8. The van der Waals surface area contributed by atoms with Crippen molar-refractivity contribution in [1.82, 2.24) is 0 Å². The van der Waals surface area contributed by atoms with Crippen LogP contribution < -0.4 is 0 Å². The molecule has 0 radical (unpaired) electrons. The van der Waals surface area contributed by atoms with E-state index in [-0.39, 0.29) is 25.7 Å². The third-order valence-corrected chi connectivity index (χ3v) is 22.3. The van der Waals surface area contributed by atoms with E-state index >= 15 is 0 Å². The van der Waals surface area contributed by atoms with E-state index in [0.29, 0.717) is 25.7 Å². The van der Waals surface area contributed by atoms with Gasteiger partial charge in [-0.15, -0.1) is 0 Å². The molecule has 0 rings (SSSR count). The van der Waals surface area contributed by atoms with Crippen molar-refractivity contribution >= 4 is 39.5 Å². The maximum atomic E-state index is 13.1. The molecule has 0 aromatic carbocycles. The number of phosphoric acid groups is 2. The molecule has 3 unspecified atom stereocenters. The van der Waals surface area contributed by atoms with Gasteiger partial charge in [0.05, 0.1) is 26.4 Å². The van der Waals surface area contributed by atoms with Crippen molar-refractivity contribution in [2.75, 3.05) is 39.6 Å². The normalized spacial score (nSPS) is 14.0. The summed E-state index contributed by atoms with van der Waals surface area (Å²) >= 11 is 0. The fourth-order valence-electron chi connectivity index (χ4n) is 13.3. The maximum Gasteiger partial charge on any atom is 0.472 e. The van der Waals surface area contributed by atoms with Gasteiger partial charge in [0, 0.05) is 25.7 Å². The van der Waals surface area contributed by atoms with Crippen LogP contribution >= 0.6 is 15.6 Å². The number of esters is 4. The number of carbonyl (C=O) groups is 4. The summed E-state index contributed by atoms with van der Waals surface area (Å²) in [6.07, 6.45) is 71.4. The third-order valence-electron chi connectivity index (χ3n) is 20.4. The van der Waals surface area contributed by atoms with Gasteiger partial charge >= 0.3 is 39.5 Å². The first-order valence-corrected chi connectivity index (χ1v) is 47.2. The number of hydrogen-bond acceptors (Lipinski definition) is 15. The van der Waals surface area contributed by atoms with Crippen LogP contribution in [0, 0.1) is 5.92 Å². The Labute approximate surface area is 638 Å². The summed E-state index contributed by atoms with van der Waals surface area (Å²) in [5.74, 6) is -1.24. The molecule has 0 saturated carbocycles. The molecule has 0 aliphatic heterocycles. The average Bonchev–Trinajstić information content (AvgIpc) is 0.908. The lowest BCUT2D eigenvalue weighted by molar-refractivity contribution is -0.161. The van der Waals surface area contributed by atoms with Crippen LogP contribution in [0.5, 0.6) is 0 Å². The summed E-state index contributed by atoms with van der Waals surface area (Å²) in [4.78, 5) is 72.8. The highest BCUT2D eigenvalue weighted by Gasteiger charge is 2.30. The van der Waals surface area contributed by atoms with Crippen LogP contribution in [0.15, 0.2) is 0 Å². The molecule has 0 bridgehead atoms. The Balaban J connectivity index is 5.10. The van der Waals surface area contributed by atoms with Gasteiger partial charge in [0.2, 0.25) is 0 Å². The monoisotopic (exact) mass is 1520 g/mol. The molecule has 0 aromatic rings. The Morgan fingerprint density at radius 2 is 0.462 bits per heavy atom. The lowest BCUT2D eigenvalue weighted by atomic mass is 9.99. The third kappa shape index (κ3) is 76.8. The van der Waals surface area contributed by atoms with Gasteiger partial charge in [0.25, 0.3) is 0 Å². The summed E-state index contributed by atoms with van der Waals surface area (Å²) in [6.45, 7) is 7.33. The maximum absolute atomic E-state index is 13.1. The van der Waals surface area contributed by atoms with E-state index in [0.717, 1.165) is 102 Å². The van der Waals surface area contributed by atoms with E-state index in [9.17, 15) is 43.2 Å². The van der Waals surface area contributed by atoms with Gasteiger partial charge < -0.3 is 33.8 Å². The van der Waals surface area contributed by atoms with Crippen LogP contribution in [0.1, 0.15) is 458 Å². The molecule has 17 nitrogen and oxygen atoms in total. The molecule has 6 atom stereocenters. The molecule has 0 aliphatic carbocycles. The second kappa shape index (κ2) is 77.8. The number of unbranched alkanes of at least 4 members (excludes halogenated alkanes) is 56. The predicted molar refractivity (Wildman–Crippen MR) is 428 cm³/mol. The summed E-state index contributed by atoms with van der Waals surface area (Å²) in [6, 6.07) is 0. The lowest BCUT2D eigenvalue weighted by Gasteiger charge is -2.21. The molecule has 0 saturated heterocycles. The Morgan fingerprint density at radius 3 is 0.683 bits per heavy atom. The van der Waals surface area contributed by atoms with E-state index in [2.05, 4.69) is 34.6 Å². The van der Waals surface area contributed by atoms with Crippen molar-refractivity contribution in [2.24, 2.45) is 5.92 Å². The van der Waals surface area contributed by atoms with E-state index < -0.39 is 97.5 Å². The van der Waals surface area contributed by atoms with Crippen molar-refractivity contribution in [1.29, 1.82) is 0 Å². The minimum atomic E-state index is -4.96. The zero-order chi connectivity index (χ0) is 76.2. The van der Waals surface area contributed by atoms with Crippen LogP contribution in [0.3, 0.4) is 0 Å². The topological polar surface area (TPSA) is 237 Å². The Hall–Kier alpha value is -1.94. The Kier molecular flexibility index (Phi) is 76.3. The number of hydrogen-bond donors (Lipinski definition) is 3. The minimum Gasteiger partial charge on any atom is -0.462 e. The SMILES string of the molecule is CCCCCCCCCCCCCCCCCCCCCCCC(=O)OC[C@H](COP(=O)(O)OC[C@@H](O)COP(=O)(O)OC[C@@H](COC(=O)CCCCCCC)OC(=O)CCCCCCCCCCCCCCCCCC)OC(=O)CCCCCCCCCCCCCCCCCCCCC(C)CC. The standard InChI is InChI=1S/C85H166O17P2/c1-6-10-13-16-18-20-22-24-26-28-29-30-31-35-39-42-46-50-54-59-64-69-83(88)96-75-81(102-85(90)71-66-61-56-52-48-44-40-36-33-32-34-37-41-45-49-53-58-62-67-78(5)9-4)77-100-104(93,94)98-73-79(86)72-97-103(91,92)99-76-80(74-95-82(87)68-63-57-15-12-8-3)101-84(89)70-65-60-55-51-47-43-38-27-25-23-21-19-17-14-11-7-2/h78-81,86H,6-77H2,1-5H3,(H,91,92)(H,93,94)/t78?,79-,80+,81+/m0/s1. The van der Waals surface area contributed by atoms with Gasteiger partial charge in [0.1, 0.15) is 19.3 Å². The molecule has 618 valence electrons. The van der Waals surface area contributed by atoms with Crippen molar-refractivity contribution in [3.8, 4) is 0 Å². The molecular weight excluding hydrogens is 1350 g/mol. The summed E-state index contributed by atoms with van der Waals surface area (Å²) in [5, 5.41) is 10.6. The first kappa shape index (κ1) is 102. The highest BCUT2D eigenvalue weighted by Crippen LogP contribution is 2.45. The van der Waals surface area contributed by atoms with E-state index in [4.69, 9.17) is 37.0 Å². The molecular formula is C85H166O17P2. The second-order valence-corrected chi connectivity index (χ2v) is 33.7. The zero-order valence-electron chi connectivity index (χ0n) is 68.2. The first-order valence-electron chi connectivity index (χ1n) is 44.2. The van der Waals surface area contributed by atoms with Crippen molar-refractivity contribution in [2.45, 2.75) is 477 Å². The first-order chi connectivity index (χ1) is 50.6. The lowest BCUT2D eigenvalue weighted by Crippen LogP contribution is -2.30. The number of aliphatic hydroxyl groups excluding tert-OH is 1. The molecule has 19 heteroatoms. The van der Waals surface area contributed by atoms with Crippen molar-refractivity contribution in [3.05, 3.63) is 0 Å². The fourth-order valence-corrected chi connectivity index (χ4v) is 14.8. The van der Waals surface area contributed by atoms with Gasteiger partial charge in [-0.2, -0.15) is 0 Å². The molecule has 0 heterocycles. The quantitative estimate of drug-likeness (QED) is 0.0222. The average molecular weight is 1520 g/mol. The van der Waals surface area contributed by atoms with Gasteiger partial charge in [0.15, 0.2) is 12.2 Å². The molecule has 0 aliphatic rings. The van der Waals surface area contributed by atoms with E-state index in [1.807, 2.05) is 0 Å². The van der Waals surface area contributed by atoms with Crippen LogP contribution in [0.2, 0.25) is 0 Å². The summed E-state index contributed by atoms with van der Waals surface area (Å²) in [5.41, 5.74) is 0. The Bertz CT molecular complexity index is 1980. The molecule has 0 spiro atoms. The fraction of sp³-hybridized carbons (Fsp3) is 0.953. The zero-order valence-corrected chi connectivity index (χ0v) is 70.0. The molecule has 0 amide bonds. The number of phosphoric ester groups is 2. The Morgan fingerprint density at radius 1 is 0.269 bits per heavy atom. The van der Waals surface area contributed by atoms with Crippen molar-refractivity contribution < 1.29 is 80.2 Å². The molecule has 104 heavy (non-hydrogen) atoms. The molecule has 0 fully saturated rings. The largest absolute Gasteiger partial charge is 0.472 e. The highest BCUT2D eigenvalue weighted by atomic mass is 31.2. The summed E-state index contributed by atoms with van der Waals surface area (Å²) < 4.78 is 68.6. The van der Waals surface area contributed by atoms with Crippen LogP contribution in [0.25, 0.3) is 0 Å². The van der Waals surface area contributed by atoms with Crippen molar-refractivity contribution in [3.63, 3.8) is 0 Å². The minimum absolute atomic E-state index is 0.108. The molecule has 0 aromatic heterocycles. The number of carbonyl (C=O) groups excluding carboxylic acids is 4. The predicted octanol–water partition coefficient (Wildman–Crippen LogP) is 26.0. The van der Waals surface area contributed by atoms with Gasteiger partial charge in [-0.25, -0.2) is 9.13 Å². The van der Waals surface area contributed by atoms with Gasteiger partial charge in [-0.05, 0) is 31.6 Å². The number of ether oxygens (including phenoxy) is 4. The van der Waals surface area contributed by atoms with Crippen LogP contribution in [-0.2, 0) is 65.4 Å². The van der Waals surface area contributed by atoms with Crippen LogP contribution in [-0.4, -0.2) is 96.7 Å². The van der Waals surface area contributed by atoms with Gasteiger partial charge in [-0.1, -0.05) is 407 Å². The molecule has 3 N–H and O–H groups in total. The number of aliphatic hydroxyl groups is 1. The van der Waals surface area contributed by atoms with Crippen LogP contribution in [0.4, 0.5) is 0 Å². The van der Waals surface area contributed by atoms with E-state index in [1.54, 1.807) is 0 Å². The van der Waals surface area contributed by atoms with E-state index in [1.165, 1.54) is 276 Å². The highest BCUT2D eigenvalue weighted by molar-refractivity contribution is 7.47. The van der Waals surface area contributed by atoms with Gasteiger partial charge in [-0.3, -0.25) is 37.3 Å².